The molecule has 108 valence electrons. The summed E-state index contributed by atoms with van der Waals surface area (Å²) in [6.07, 6.45) is 1.97. The van der Waals surface area contributed by atoms with Gasteiger partial charge in [0.05, 0.1) is 4.90 Å². The van der Waals surface area contributed by atoms with Crippen molar-refractivity contribution < 1.29 is 8.42 Å². The number of rotatable bonds is 3. The van der Waals surface area contributed by atoms with E-state index in [0.29, 0.717) is 23.9 Å². The first-order valence-electron chi connectivity index (χ1n) is 6.67. The van der Waals surface area contributed by atoms with Crippen LogP contribution in [0.1, 0.15) is 29.5 Å². The first kappa shape index (κ1) is 15.0. The van der Waals surface area contributed by atoms with Crippen LogP contribution in [0.25, 0.3) is 0 Å². The Morgan fingerprint density at radius 3 is 2.68 bits per heavy atom. The van der Waals surface area contributed by atoms with Crippen LogP contribution in [-0.4, -0.2) is 31.9 Å². The van der Waals surface area contributed by atoms with Crippen LogP contribution in [-0.2, 0) is 10.0 Å². The highest BCUT2D eigenvalue weighted by molar-refractivity contribution is 7.89. The fourth-order valence-electron chi connectivity index (χ4n) is 2.85. The first-order chi connectivity index (χ1) is 8.87. The van der Waals surface area contributed by atoms with Crippen LogP contribution >= 0.6 is 11.3 Å². The van der Waals surface area contributed by atoms with Crippen molar-refractivity contribution >= 4 is 21.4 Å². The summed E-state index contributed by atoms with van der Waals surface area (Å²) in [4.78, 5) is 2.36. The average molecular weight is 302 g/mol. The summed E-state index contributed by atoms with van der Waals surface area (Å²) in [6.45, 7) is 6.88. The molecule has 0 aromatic carbocycles. The molecule has 6 heteroatoms. The second-order valence-corrected chi connectivity index (χ2v) is 8.64. The van der Waals surface area contributed by atoms with E-state index in [1.54, 1.807) is 10.4 Å². The molecule has 1 saturated heterocycles. The molecule has 1 aromatic rings. The SMILES string of the molecule is Cc1cc(S(=O)(=O)N2CCCC(C)C2CN)c(C)s1. The Bertz CT molecular complexity index is 551. The number of sulfonamides is 1. The number of hydrogen-bond donors (Lipinski definition) is 1. The Balaban J connectivity index is 2.40. The molecule has 2 heterocycles. The van der Waals surface area contributed by atoms with Gasteiger partial charge < -0.3 is 5.73 Å². The summed E-state index contributed by atoms with van der Waals surface area (Å²) in [7, 11) is -3.40. The molecule has 0 aliphatic carbocycles. The summed E-state index contributed by atoms with van der Waals surface area (Å²) in [6, 6.07) is 1.71. The van der Waals surface area contributed by atoms with Gasteiger partial charge in [0, 0.05) is 28.9 Å². The number of aryl methyl sites for hydroxylation is 2. The minimum atomic E-state index is -3.40. The lowest BCUT2D eigenvalue weighted by molar-refractivity contribution is 0.192. The van der Waals surface area contributed by atoms with Gasteiger partial charge in [0.25, 0.3) is 0 Å². The van der Waals surface area contributed by atoms with Crippen molar-refractivity contribution in [2.24, 2.45) is 11.7 Å². The van der Waals surface area contributed by atoms with Crippen LogP contribution in [0, 0.1) is 19.8 Å². The zero-order valence-electron chi connectivity index (χ0n) is 11.7. The molecular formula is C13H22N2O2S2. The highest BCUT2D eigenvalue weighted by Gasteiger charge is 2.37. The molecule has 1 aromatic heterocycles. The predicted molar refractivity (Wildman–Crippen MR) is 78.9 cm³/mol. The average Bonchev–Trinajstić information content (AvgIpc) is 2.68. The van der Waals surface area contributed by atoms with Crippen LogP contribution < -0.4 is 5.73 Å². The molecule has 4 nitrogen and oxygen atoms in total. The molecule has 0 amide bonds. The van der Waals surface area contributed by atoms with Gasteiger partial charge in [0.1, 0.15) is 0 Å². The lowest BCUT2D eigenvalue weighted by Crippen LogP contribution is -2.51. The maximum Gasteiger partial charge on any atom is 0.244 e. The van der Waals surface area contributed by atoms with Crippen molar-refractivity contribution in [3.05, 3.63) is 15.8 Å². The fourth-order valence-corrected chi connectivity index (χ4v) is 6.15. The number of hydrogen-bond acceptors (Lipinski definition) is 4. The molecule has 1 aliphatic rings. The van der Waals surface area contributed by atoms with Gasteiger partial charge in [-0.05, 0) is 38.7 Å². The standard InChI is InChI=1S/C13H22N2O2S2/c1-9-5-4-6-15(12(9)8-14)19(16,17)13-7-10(2)18-11(13)3/h7,9,12H,4-6,8,14H2,1-3H3. The third kappa shape index (κ3) is 2.72. The minimum absolute atomic E-state index is 0.0710. The molecule has 2 unspecified atom stereocenters. The van der Waals surface area contributed by atoms with Crippen LogP contribution in [0.2, 0.25) is 0 Å². The molecule has 2 N–H and O–H groups in total. The highest BCUT2D eigenvalue weighted by atomic mass is 32.2. The normalized spacial score (nSPS) is 25.7. The monoisotopic (exact) mass is 302 g/mol. The predicted octanol–water partition coefficient (Wildman–Crippen LogP) is 2.11. The summed E-state index contributed by atoms with van der Waals surface area (Å²) < 4.78 is 27.2. The van der Waals surface area contributed by atoms with Gasteiger partial charge in [0.15, 0.2) is 0 Å². The number of thiophene rings is 1. The third-order valence-corrected chi connectivity index (χ3v) is 7.03. The molecule has 2 rings (SSSR count). The van der Waals surface area contributed by atoms with Crippen molar-refractivity contribution in [1.82, 2.24) is 4.31 Å². The van der Waals surface area contributed by atoms with E-state index in [4.69, 9.17) is 5.73 Å². The summed E-state index contributed by atoms with van der Waals surface area (Å²) in [5.41, 5.74) is 5.80. The van der Waals surface area contributed by atoms with Gasteiger partial charge in [-0.25, -0.2) is 8.42 Å². The Kier molecular flexibility index (Phi) is 4.35. The lowest BCUT2D eigenvalue weighted by atomic mass is 9.93. The van der Waals surface area contributed by atoms with E-state index in [1.807, 2.05) is 13.8 Å². The zero-order valence-corrected chi connectivity index (χ0v) is 13.4. The van der Waals surface area contributed by atoms with E-state index < -0.39 is 10.0 Å². The maximum atomic E-state index is 12.8. The Hall–Kier alpha value is -0.430. The maximum absolute atomic E-state index is 12.8. The Labute approximate surface area is 119 Å². The van der Waals surface area contributed by atoms with E-state index in [1.165, 1.54) is 11.3 Å². The van der Waals surface area contributed by atoms with Crippen molar-refractivity contribution in [2.75, 3.05) is 13.1 Å². The molecule has 1 aliphatic heterocycles. The fraction of sp³-hybridized carbons (Fsp3) is 0.692. The summed E-state index contributed by atoms with van der Waals surface area (Å²) in [5, 5.41) is 0. The molecule has 2 atom stereocenters. The second-order valence-electron chi connectivity index (χ2n) is 5.32. The Morgan fingerprint density at radius 1 is 1.47 bits per heavy atom. The largest absolute Gasteiger partial charge is 0.329 e. The van der Waals surface area contributed by atoms with Crippen molar-refractivity contribution in [3.63, 3.8) is 0 Å². The van der Waals surface area contributed by atoms with E-state index in [-0.39, 0.29) is 6.04 Å². The minimum Gasteiger partial charge on any atom is -0.329 e. The van der Waals surface area contributed by atoms with Crippen LogP contribution in [0.5, 0.6) is 0 Å². The first-order valence-corrected chi connectivity index (χ1v) is 8.92. The van der Waals surface area contributed by atoms with Gasteiger partial charge >= 0.3 is 0 Å². The summed E-state index contributed by atoms with van der Waals surface area (Å²) >= 11 is 1.53. The van der Waals surface area contributed by atoms with Crippen molar-refractivity contribution in [1.29, 1.82) is 0 Å². The highest BCUT2D eigenvalue weighted by Crippen LogP contribution is 2.32. The van der Waals surface area contributed by atoms with E-state index >= 15 is 0 Å². The number of nitrogens with two attached hydrogens (primary N) is 1. The topological polar surface area (TPSA) is 63.4 Å². The smallest absolute Gasteiger partial charge is 0.244 e. The lowest BCUT2D eigenvalue weighted by Gasteiger charge is -2.38. The molecule has 0 bridgehead atoms. The van der Waals surface area contributed by atoms with Gasteiger partial charge in [-0.2, -0.15) is 4.31 Å². The van der Waals surface area contributed by atoms with Crippen LogP contribution in [0.4, 0.5) is 0 Å². The summed E-state index contributed by atoms with van der Waals surface area (Å²) in [5.74, 6) is 0.327. The molecule has 0 radical (unpaired) electrons. The number of nitrogens with zero attached hydrogens (tertiary/aromatic N) is 1. The molecule has 0 spiro atoms. The molecular weight excluding hydrogens is 280 g/mol. The second kappa shape index (κ2) is 5.52. The number of piperidine rings is 1. The zero-order chi connectivity index (χ0) is 14.2. The van der Waals surface area contributed by atoms with Gasteiger partial charge in [0.2, 0.25) is 10.0 Å². The van der Waals surface area contributed by atoms with E-state index in [0.717, 1.165) is 22.6 Å². The van der Waals surface area contributed by atoms with Crippen molar-refractivity contribution in [3.8, 4) is 0 Å². The van der Waals surface area contributed by atoms with Gasteiger partial charge in [-0.1, -0.05) is 6.92 Å². The van der Waals surface area contributed by atoms with Crippen LogP contribution in [0.3, 0.4) is 0 Å². The molecule has 19 heavy (non-hydrogen) atoms. The van der Waals surface area contributed by atoms with Crippen molar-refractivity contribution in [2.45, 2.75) is 44.6 Å². The van der Waals surface area contributed by atoms with Gasteiger partial charge in [-0.3, -0.25) is 0 Å². The molecule has 1 fully saturated rings. The quantitative estimate of drug-likeness (QED) is 0.930. The van der Waals surface area contributed by atoms with Crippen LogP contribution in [0.15, 0.2) is 11.0 Å². The van der Waals surface area contributed by atoms with Gasteiger partial charge in [-0.15, -0.1) is 11.3 Å². The van der Waals surface area contributed by atoms with E-state index in [9.17, 15) is 8.42 Å². The Morgan fingerprint density at radius 2 is 2.16 bits per heavy atom. The molecule has 0 saturated carbocycles. The van der Waals surface area contributed by atoms with E-state index in [2.05, 4.69) is 6.92 Å². The third-order valence-electron chi connectivity index (χ3n) is 3.89.